The van der Waals surface area contributed by atoms with Crippen molar-refractivity contribution in [3.8, 4) is 0 Å². The molecule has 6 heteroatoms. The number of hydrogen-bond acceptors (Lipinski definition) is 2. The van der Waals surface area contributed by atoms with Crippen molar-refractivity contribution >= 4 is 27.8 Å². The molecule has 1 aliphatic rings. The van der Waals surface area contributed by atoms with Gasteiger partial charge in [-0.3, -0.25) is 9.59 Å². The molecule has 0 heterocycles. The first-order valence-corrected chi connectivity index (χ1v) is 7.59. The second-order valence-corrected chi connectivity index (χ2v) is 6.39. The molecule has 0 aromatic heterocycles. The molecule has 1 N–H and O–H groups in total. The van der Waals surface area contributed by atoms with Crippen molar-refractivity contribution in [1.82, 2.24) is 4.90 Å². The van der Waals surface area contributed by atoms with Gasteiger partial charge in [-0.15, -0.1) is 0 Å². The molecule has 2 rings (SSSR count). The molecule has 1 aromatic carbocycles. The number of carbonyl (C=O) groups is 2. The van der Waals surface area contributed by atoms with Gasteiger partial charge in [0.2, 0.25) is 5.91 Å². The number of amides is 1. The Labute approximate surface area is 131 Å². The van der Waals surface area contributed by atoms with Crippen LogP contribution in [0.15, 0.2) is 22.7 Å². The average molecular weight is 358 g/mol. The predicted octanol–water partition coefficient (Wildman–Crippen LogP) is 3.05. The van der Waals surface area contributed by atoms with Gasteiger partial charge in [0.05, 0.1) is 5.92 Å². The smallest absolute Gasteiger partial charge is 0.306 e. The van der Waals surface area contributed by atoms with Gasteiger partial charge in [0.15, 0.2) is 0 Å². The summed E-state index contributed by atoms with van der Waals surface area (Å²) in [7, 11) is 1.62. The Hall–Kier alpha value is -1.43. The van der Waals surface area contributed by atoms with Gasteiger partial charge < -0.3 is 10.0 Å². The van der Waals surface area contributed by atoms with Gasteiger partial charge in [0.1, 0.15) is 5.82 Å². The molecule has 0 aliphatic heterocycles. The molecule has 0 unspecified atom stereocenters. The molecule has 1 saturated carbocycles. The maximum atomic E-state index is 13.7. The molecule has 21 heavy (non-hydrogen) atoms. The third-order valence-electron chi connectivity index (χ3n) is 3.92. The molecule has 0 radical (unpaired) electrons. The first-order chi connectivity index (χ1) is 9.88. The van der Waals surface area contributed by atoms with Gasteiger partial charge in [0, 0.05) is 29.5 Å². The van der Waals surface area contributed by atoms with Crippen LogP contribution in [-0.4, -0.2) is 28.9 Å². The van der Waals surface area contributed by atoms with Gasteiger partial charge in [0.25, 0.3) is 0 Å². The van der Waals surface area contributed by atoms with Crippen LogP contribution in [0, 0.1) is 17.7 Å². The number of aliphatic carboxylic acids is 1. The van der Waals surface area contributed by atoms with Crippen LogP contribution in [0.2, 0.25) is 0 Å². The number of carboxylic acids is 1. The minimum Gasteiger partial charge on any atom is -0.481 e. The second-order valence-electron chi connectivity index (χ2n) is 5.48. The number of carboxylic acid groups (broad SMARTS) is 1. The van der Waals surface area contributed by atoms with Crippen molar-refractivity contribution in [3.05, 3.63) is 34.1 Å². The van der Waals surface area contributed by atoms with E-state index in [-0.39, 0.29) is 24.2 Å². The largest absolute Gasteiger partial charge is 0.481 e. The average Bonchev–Trinajstić information content (AvgIpc) is 2.91. The van der Waals surface area contributed by atoms with Crippen LogP contribution < -0.4 is 0 Å². The lowest BCUT2D eigenvalue weighted by Gasteiger charge is -2.21. The first-order valence-electron chi connectivity index (χ1n) is 6.80. The van der Waals surface area contributed by atoms with Crippen molar-refractivity contribution < 1.29 is 19.1 Å². The zero-order chi connectivity index (χ0) is 15.6. The molecule has 1 amide bonds. The van der Waals surface area contributed by atoms with Crippen molar-refractivity contribution in [2.45, 2.75) is 25.8 Å². The van der Waals surface area contributed by atoms with E-state index in [2.05, 4.69) is 15.9 Å². The van der Waals surface area contributed by atoms with E-state index in [1.165, 1.54) is 11.0 Å². The highest BCUT2D eigenvalue weighted by atomic mass is 79.9. The van der Waals surface area contributed by atoms with Crippen LogP contribution in [0.1, 0.15) is 24.8 Å². The molecule has 1 aliphatic carbocycles. The van der Waals surface area contributed by atoms with E-state index in [9.17, 15) is 14.0 Å². The number of carbonyl (C=O) groups excluding carboxylic acids is 1. The Morgan fingerprint density at radius 1 is 1.38 bits per heavy atom. The molecule has 114 valence electrons. The third kappa shape index (κ3) is 3.81. The molecule has 0 bridgehead atoms. The SMILES string of the molecule is CN(Cc1cc(Br)ccc1F)C(=O)[C@@H]1CC[C@H](C(=O)O)C1. The molecule has 2 atom stereocenters. The van der Waals surface area contributed by atoms with E-state index in [0.717, 1.165) is 4.47 Å². The van der Waals surface area contributed by atoms with Crippen molar-refractivity contribution in [2.24, 2.45) is 11.8 Å². The van der Waals surface area contributed by atoms with Crippen LogP contribution >= 0.6 is 15.9 Å². The topological polar surface area (TPSA) is 57.6 Å². The lowest BCUT2D eigenvalue weighted by Crippen LogP contribution is -2.32. The van der Waals surface area contributed by atoms with Gasteiger partial charge in [-0.05, 0) is 37.5 Å². The zero-order valence-corrected chi connectivity index (χ0v) is 13.3. The fourth-order valence-electron chi connectivity index (χ4n) is 2.74. The van der Waals surface area contributed by atoms with Crippen LogP contribution in [0.3, 0.4) is 0 Å². The molecular formula is C15H17BrFNO3. The van der Waals surface area contributed by atoms with Crippen molar-refractivity contribution in [2.75, 3.05) is 7.05 Å². The summed E-state index contributed by atoms with van der Waals surface area (Å²) in [5, 5.41) is 8.97. The van der Waals surface area contributed by atoms with Gasteiger partial charge >= 0.3 is 5.97 Å². The Kier molecular flexibility index (Phi) is 4.98. The van der Waals surface area contributed by atoms with E-state index in [4.69, 9.17) is 5.11 Å². The van der Waals surface area contributed by atoms with E-state index < -0.39 is 11.9 Å². The van der Waals surface area contributed by atoms with E-state index >= 15 is 0 Å². The minimum atomic E-state index is -0.842. The summed E-state index contributed by atoms with van der Waals surface area (Å²) in [6, 6.07) is 4.61. The highest BCUT2D eigenvalue weighted by Gasteiger charge is 2.35. The second kappa shape index (κ2) is 6.56. The fraction of sp³-hybridized carbons (Fsp3) is 0.467. The number of benzene rings is 1. The quantitative estimate of drug-likeness (QED) is 0.900. The first kappa shape index (κ1) is 15.9. The summed E-state index contributed by atoms with van der Waals surface area (Å²) in [5.74, 6) is -2.02. The molecule has 0 saturated heterocycles. The number of halogens is 2. The number of rotatable bonds is 4. The molecule has 0 spiro atoms. The van der Waals surface area contributed by atoms with Crippen LogP contribution in [0.25, 0.3) is 0 Å². The van der Waals surface area contributed by atoms with Crippen LogP contribution in [-0.2, 0) is 16.1 Å². The monoisotopic (exact) mass is 357 g/mol. The summed E-state index contributed by atoms with van der Waals surface area (Å²) >= 11 is 3.28. The summed E-state index contributed by atoms with van der Waals surface area (Å²) in [4.78, 5) is 24.7. The van der Waals surface area contributed by atoms with Gasteiger partial charge in [-0.2, -0.15) is 0 Å². The maximum Gasteiger partial charge on any atom is 0.306 e. The normalized spacial score (nSPS) is 21.3. The van der Waals surface area contributed by atoms with E-state index in [0.29, 0.717) is 24.8 Å². The van der Waals surface area contributed by atoms with Crippen LogP contribution in [0.5, 0.6) is 0 Å². The highest BCUT2D eigenvalue weighted by molar-refractivity contribution is 9.10. The summed E-state index contributed by atoms with van der Waals surface area (Å²) in [6.07, 6.45) is 1.49. The fourth-order valence-corrected chi connectivity index (χ4v) is 3.15. The van der Waals surface area contributed by atoms with E-state index in [1.807, 2.05) is 0 Å². The molecular weight excluding hydrogens is 341 g/mol. The molecule has 1 aromatic rings. The Bertz CT molecular complexity index is 564. The summed E-state index contributed by atoms with van der Waals surface area (Å²) < 4.78 is 14.5. The highest BCUT2D eigenvalue weighted by Crippen LogP contribution is 2.32. The molecule has 1 fully saturated rings. The third-order valence-corrected chi connectivity index (χ3v) is 4.42. The van der Waals surface area contributed by atoms with Crippen molar-refractivity contribution in [1.29, 1.82) is 0 Å². The summed E-state index contributed by atoms with van der Waals surface area (Å²) in [6.45, 7) is 0.179. The lowest BCUT2D eigenvalue weighted by molar-refractivity contribution is -0.141. The van der Waals surface area contributed by atoms with Gasteiger partial charge in [-0.25, -0.2) is 4.39 Å². The Morgan fingerprint density at radius 2 is 2.05 bits per heavy atom. The Balaban J connectivity index is 2.00. The van der Waals surface area contributed by atoms with Gasteiger partial charge in [-0.1, -0.05) is 15.9 Å². The number of hydrogen-bond donors (Lipinski definition) is 1. The standard InChI is InChI=1S/C15H17BrFNO3/c1-18(8-11-7-12(16)4-5-13(11)17)14(19)9-2-3-10(6-9)15(20)21/h4-5,7,9-10H,2-3,6,8H2,1H3,(H,20,21)/t9-,10+/m1/s1. The van der Waals surface area contributed by atoms with Crippen molar-refractivity contribution in [3.63, 3.8) is 0 Å². The zero-order valence-electron chi connectivity index (χ0n) is 11.7. The predicted molar refractivity (Wildman–Crippen MR) is 79.0 cm³/mol. The lowest BCUT2D eigenvalue weighted by atomic mass is 10.0. The Morgan fingerprint density at radius 3 is 2.67 bits per heavy atom. The number of nitrogens with zero attached hydrogens (tertiary/aromatic N) is 1. The van der Waals surface area contributed by atoms with Crippen LogP contribution in [0.4, 0.5) is 4.39 Å². The van der Waals surface area contributed by atoms with E-state index in [1.54, 1.807) is 19.2 Å². The maximum absolute atomic E-state index is 13.7. The summed E-state index contributed by atoms with van der Waals surface area (Å²) in [5.41, 5.74) is 0.438. The minimum absolute atomic E-state index is 0.113. The molecule has 4 nitrogen and oxygen atoms in total.